The highest BCUT2D eigenvalue weighted by Gasteiger charge is 2.24. The summed E-state index contributed by atoms with van der Waals surface area (Å²) in [5.41, 5.74) is 0. The first-order chi connectivity index (χ1) is 4.41. The molecule has 0 saturated carbocycles. The van der Waals surface area contributed by atoms with Crippen LogP contribution in [0.1, 0.15) is 0 Å². The van der Waals surface area contributed by atoms with Crippen molar-refractivity contribution in [3.63, 3.8) is 0 Å². The van der Waals surface area contributed by atoms with Crippen LogP contribution in [-0.2, 0) is 0 Å². The minimum absolute atomic E-state index is 0.133. The van der Waals surface area contributed by atoms with Crippen molar-refractivity contribution in [1.29, 1.82) is 0 Å². The van der Waals surface area contributed by atoms with Gasteiger partial charge in [0, 0.05) is 0 Å². The average Bonchev–Trinajstić information content (AvgIpc) is 1.79. The van der Waals surface area contributed by atoms with Gasteiger partial charge in [-0.05, 0) is 48.0 Å². The van der Waals surface area contributed by atoms with Crippen molar-refractivity contribution >= 4 is 20.1 Å². The molecule has 1 rings (SSSR count). The highest BCUT2D eigenvalue weighted by molar-refractivity contribution is 8.38. The van der Waals surface area contributed by atoms with Crippen molar-refractivity contribution in [3.8, 4) is 0 Å². The molecule has 0 N–H and O–H groups in total. The molecule has 1 fully saturated rings. The predicted octanol–water partition coefficient (Wildman–Crippen LogP) is 2.13. The Kier molecular flexibility index (Phi) is 2.31. The van der Waals surface area contributed by atoms with Crippen molar-refractivity contribution in [2.45, 2.75) is 0 Å². The van der Waals surface area contributed by atoms with Crippen molar-refractivity contribution in [2.24, 2.45) is 0 Å². The van der Waals surface area contributed by atoms with Crippen LogP contribution in [0.3, 0.4) is 0 Å². The maximum Gasteiger partial charge on any atom is -0.0156 e. The minimum Gasteiger partial charge on any atom is -0.245 e. The fourth-order valence-electron chi connectivity index (χ4n) is 1.11. The van der Waals surface area contributed by atoms with E-state index in [1.165, 1.54) is 23.0 Å². The number of hydrogen-bond acceptors (Lipinski definition) is 0. The Morgan fingerprint density at radius 1 is 0.600 bits per heavy atom. The van der Waals surface area contributed by atoms with E-state index in [-0.39, 0.29) is 20.1 Å². The molecule has 0 unspecified atom stereocenters. The van der Waals surface area contributed by atoms with E-state index in [1.807, 2.05) is 0 Å². The van der Waals surface area contributed by atoms with Gasteiger partial charge in [0.15, 0.2) is 0 Å². The third-order valence-electron chi connectivity index (χ3n) is 2.38. The molecule has 0 spiro atoms. The number of rotatable bonds is 0. The van der Waals surface area contributed by atoms with Crippen molar-refractivity contribution < 1.29 is 0 Å². The first kappa shape index (κ1) is 8.79. The summed E-state index contributed by atoms with van der Waals surface area (Å²) in [5, 5.41) is 0. The summed E-state index contributed by atoms with van der Waals surface area (Å²) >= 11 is 0. The largest absolute Gasteiger partial charge is 0.245 e. The van der Waals surface area contributed by atoms with Gasteiger partial charge in [-0.15, -0.1) is 0 Å². The van der Waals surface area contributed by atoms with Gasteiger partial charge in [0.2, 0.25) is 0 Å². The zero-order valence-corrected chi connectivity index (χ0v) is 9.28. The molecule has 0 aromatic heterocycles. The fraction of sp³-hybridized carbons (Fsp3) is 1.00. The first-order valence-electron chi connectivity index (χ1n) is 3.79. The van der Waals surface area contributed by atoms with E-state index in [2.05, 4.69) is 25.0 Å². The Labute approximate surface area is 68.4 Å². The Morgan fingerprint density at radius 3 is 1.00 bits per heavy atom. The fourth-order valence-corrected chi connectivity index (χ4v) is 8.73. The van der Waals surface area contributed by atoms with E-state index in [0.29, 0.717) is 0 Å². The smallest absolute Gasteiger partial charge is 0.0156 e. The van der Waals surface area contributed by atoms with Gasteiger partial charge in [-0.1, -0.05) is 0 Å². The van der Waals surface area contributed by atoms with E-state index in [0.717, 1.165) is 0 Å². The van der Waals surface area contributed by atoms with E-state index in [9.17, 15) is 0 Å². The highest BCUT2D eigenvalue weighted by Crippen LogP contribution is 2.54. The van der Waals surface area contributed by atoms with E-state index in [4.69, 9.17) is 0 Å². The molecule has 0 aromatic carbocycles. The lowest BCUT2D eigenvalue weighted by atomic mass is 10.9. The highest BCUT2D eigenvalue weighted by atomic mass is 32.3. The standard InChI is InChI=1S/C8H20S2/c1-9(2)5-7-10(3,4)8-6-9/h5-8H2,1-4H3. The van der Waals surface area contributed by atoms with Crippen LogP contribution in [-0.4, -0.2) is 48.0 Å². The molecule has 0 amide bonds. The lowest BCUT2D eigenvalue weighted by molar-refractivity contribution is 1.34. The third kappa shape index (κ3) is 2.39. The van der Waals surface area contributed by atoms with Crippen molar-refractivity contribution in [2.75, 3.05) is 48.0 Å². The maximum absolute atomic E-state index is 2.49. The van der Waals surface area contributed by atoms with Crippen molar-refractivity contribution in [1.82, 2.24) is 0 Å². The molecule has 2 heteroatoms. The summed E-state index contributed by atoms with van der Waals surface area (Å²) in [6, 6.07) is 0. The van der Waals surface area contributed by atoms with Gasteiger partial charge in [-0.2, -0.15) is 0 Å². The van der Waals surface area contributed by atoms with Gasteiger partial charge in [-0.3, -0.25) is 0 Å². The summed E-state index contributed by atoms with van der Waals surface area (Å²) in [6.07, 6.45) is 9.95. The Morgan fingerprint density at radius 2 is 0.800 bits per heavy atom. The second-order valence-corrected chi connectivity index (χ2v) is 13.1. The Hall–Kier alpha value is 0.700. The molecule has 1 aliphatic rings. The van der Waals surface area contributed by atoms with Crippen LogP contribution in [0.2, 0.25) is 0 Å². The van der Waals surface area contributed by atoms with Crippen LogP contribution >= 0.6 is 20.1 Å². The van der Waals surface area contributed by atoms with Crippen molar-refractivity contribution in [3.05, 3.63) is 0 Å². The van der Waals surface area contributed by atoms with Crippen LogP contribution in [0.4, 0.5) is 0 Å². The normalized spacial score (nSPS) is 36.4. The average molecular weight is 180 g/mol. The summed E-state index contributed by atoms with van der Waals surface area (Å²) in [4.78, 5) is 0. The molecule has 0 atom stereocenters. The first-order valence-corrected chi connectivity index (χ1v) is 9.36. The Balaban J connectivity index is 2.46. The van der Waals surface area contributed by atoms with Gasteiger partial charge < -0.3 is 0 Å². The molecule has 0 aliphatic carbocycles. The summed E-state index contributed by atoms with van der Waals surface area (Å²) in [6.45, 7) is 0. The SMILES string of the molecule is CS1(C)CCS(C)(C)CC1. The van der Waals surface area contributed by atoms with E-state index >= 15 is 0 Å². The molecule has 1 heterocycles. The molecular formula is C8H20S2. The molecule has 0 nitrogen and oxygen atoms in total. The quantitative estimate of drug-likeness (QED) is 0.536. The summed E-state index contributed by atoms with van der Waals surface area (Å²) in [5.74, 6) is 6.15. The molecule has 64 valence electrons. The van der Waals surface area contributed by atoms with Crippen LogP contribution in [0, 0.1) is 0 Å². The molecule has 10 heavy (non-hydrogen) atoms. The second-order valence-electron chi connectivity index (χ2n) is 4.35. The van der Waals surface area contributed by atoms with Crippen LogP contribution in [0.25, 0.3) is 0 Å². The molecule has 0 bridgehead atoms. The van der Waals surface area contributed by atoms with E-state index in [1.54, 1.807) is 0 Å². The summed E-state index contributed by atoms with van der Waals surface area (Å²) < 4.78 is 0. The lowest BCUT2D eigenvalue weighted by Crippen LogP contribution is -2.25. The van der Waals surface area contributed by atoms with Gasteiger partial charge in [0.05, 0.1) is 0 Å². The van der Waals surface area contributed by atoms with Gasteiger partial charge in [0.25, 0.3) is 0 Å². The van der Waals surface area contributed by atoms with Crippen LogP contribution in [0.5, 0.6) is 0 Å². The topological polar surface area (TPSA) is 0 Å². The van der Waals surface area contributed by atoms with Gasteiger partial charge in [0.1, 0.15) is 0 Å². The molecule has 0 radical (unpaired) electrons. The molecule has 1 aliphatic heterocycles. The Bertz CT molecular complexity index is 99.2. The predicted molar refractivity (Wildman–Crippen MR) is 58.3 cm³/mol. The molecule has 0 aromatic rings. The molecule has 1 saturated heterocycles. The lowest BCUT2D eigenvalue weighted by Gasteiger charge is -2.46. The van der Waals surface area contributed by atoms with Gasteiger partial charge in [-0.25, -0.2) is 20.1 Å². The maximum atomic E-state index is 2.49. The monoisotopic (exact) mass is 180 g/mol. The second kappa shape index (κ2) is 2.63. The van der Waals surface area contributed by atoms with Gasteiger partial charge >= 0.3 is 0 Å². The third-order valence-corrected chi connectivity index (χ3v) is 8.13. The molecular weight excluding hydrogens is 160 g/mol. The van der Waals surface area contributed by atoms with Crippen LogP contribution < -0.4 is 0 Å². The summed E-state index contributed by atoms with van der Waals surface area (Å²) in [7, 11) is -0.266. The zero-order valence-electron chi connectivity index (χ0n) is 7.64. The number of hydrogen-bond donors (Lipinski definition) is 0. The van der Waals surface area contributed by atoms with Crippen LogP contribution in [0.15, 0.2) is 0 Å². The minimum atomic E-state index is -0.133. The zero-order chi connectivity index (χ0) is 7.83. The van der Waals surface area contributed by atoms with E-state index < -0.39 is 0 Å².